The molecule has 1 aromatic carbocycles. The summed E-state index contributed by atoms with van der Waals surface area (Å²) in [5.74, 6) is 0.538. The molecule has 106 valence electrons. The molecule has 2 aromatic rings. The molecule has 3 rings (SSSR count). The van der Waals surface area contributed by atoms with E-state index in [9.17, 15) is 4.79 Å². The van der Waals surface area contributed by atoms with Crippen LogP contribution in [-0.2, 0) is 11.3 Å². The van der Waals surface area contributed by atoms with Crippen molar-refractivity contribution in [3.8, 4) is 0 Å². The monoisotopic (exact) mass is 274 g/mol. The lowest BCUT2D eigenvalue weighted by molar-refractivity contribution is 0.150. The van der Waals surface area contributed by atoms with Gasteiger partial charge in [-0.05, 0) is 12.0 Å². The molecule has 1 fully saturated rings. The number of aromatic nitrogens is 2. The summed E-state index contributed by atoms with van der Waals surface area (Å²) in [6.07, 6.45) is 3.97. The first-order chi connectivity index (χ1) is 9.66. The third-order valence-corrected chi connectivity index (χ3v) is 2.96. The number of nitrogens with zero attached hydrogens (tertiary/aromatic N) is 1. The van der Waals surface area contributed by atoms with E-state index in [0.29, 0.717) is 12.0 Å². The average Bonchev–Trinajstić information content (AvgIpc) is 2.95. The van der Waals surface area contributed by atoms with E-state index in [1.807, 2.05) is 36.5 Å². The van der Waals surface area contributed by atoms with Gasteiger partial charge in [0.05, 0.1) is 12.0 Å². The molecule has 6 heteroatoms. The van der Waals surface area contributed by atoms with Crippen molar-refractivity contribution in [2.24, 2.45) is 11.5 Å². The van der Waals surface area contributed by atoms with Gasteiger partial charge in [0.2, 0.25) is 0 Å². The van der Waals surface area contributed by atoms with E-state index in [1.165, 1.54) is 0 Å². The fraction of sp³-hybridized carbons (Fsp3) is 0.286. The van der Waals surface area contributed by atoms with Crippen LogP contribution in [-0.4, -0.2) is 22.1 Å². The minimum absolute atomic E-state index is 0.246. The number of H-pyrrole nitrogens is 1. The molecule has 1 aliphatic carbocycles. The second kappa shape index (κ2) is 6.72. The Bertz CT molecular complexity index is 527. The molecule has 0 saturated heterocycles. The third-order valence-electron chi connectivity index (χ3n) is 2.96. The van der Waals surface area contributed by atoms with Crippen LogP contribution in [0.2, 0.25) is 0 Å². The van der Waals surface area contributed by atoms with Gasteiger partial charge in [0.1, 0.15) is 6.61 Å². The van der Waals surface area contributed by atoms with E-state index >= 15 is 0 Å². The Morgan fingerprint density at radius 3 is 2.60 bits per heavy atom. The van der Waals surface area contributed by atoms with E-state index in [2.05, 4.69) is 14.7 Å². The first-order valence-corrected chi connectivity index (χ1v) is 6.37. The fourth-order valence-electron chi connectivity index (χ4n) is 1.76. The van der Waals surface area contributed by atoms with Crippen molar-refractivity contribution in [3.05, 3.63) is 54.1 Å². The largest absolute Gasteiger partial charge is 0.445 e. The Morgan fingerprint density at radius 1 is 1.40 bits per heavy atom. The van der Waals surface area contributed by atoms with Gasteiger partial charge in [0, 0.05) is 18.2 Å². The number of carbonyl (C=O) groups is 1. The highest BCUT2D eigenvalue weighted by Crippen LogP contribution is 2.37. The maximum atomic E-state index is 10.2. The first kappa shape index (κ1) is 14.1. The highest BCUT2D eigenvalue weighted by atomic mass is 16.5. The molecule has 0 aliphatic heterocycles. The quantitative estimate of drug-likeness (QED) is 0.788. The van der Waals surface area contributed by atoms with Gasteiger partial charge in [-0.1, -0.05) is 30.3 Å². The zero-order valence-electron chi connectivity index (χ0n) is 11.0. The zero-order valence-corrected chi connectivity index (χ0v) is 11.0. The Morgan fingerprint density at radius 2 is 2.10 bits per heavy atom. The van der Waals surface area contributed by atoms with Gasteiger partial charge < -0.3 is 21.2 Å². The second-order valence-corrected chi connectivity index (χ2v) is 4.59. The molecule has 0 spiro atoms. The van der Waals surface area contributed by atoms with Gasteiger partial charge in [-0.25, -0.2) is 9.78 Å². The van der Waals surface area contributed by atoms with Crippen molar-refractivity contribution in [2.75, 3.05) is 0 Å². The number of rotatable bonds is 3. The highest BCUT2D eigenvalue weighted by molar-refractivity contribution is 5.64. The molecule has 6 nitrogen and oxygen atoms in total. The van der Waals surface area contributed by atoms with Gasteiger partial charge in [0.15, 0.2) is 0 Å². The van der Waals surface area contributed by atoms with Crippen molar-refractivity contribution in [2.45, 2.75) is 25.0 Å². The first-order valence-electron chi connectivity index (χ1n) is 6.37. The summed E-state index contributed by atoms with van der Waals surface area (Å²) in [5, 5.41) is 0. The number of hydrogen-bond donors (Lipinski definition) is 3. The van der Waals surface area contributed by atoms with Crippen molar-refractivity contribution < 1.29 is 9.53 Å². The maximum Gasteiger partial charge on any atom is 0.404 e. The van der Waals surface area contributed by atoms with Gasteiger partial charge in [0.25, 0.3) is 0 Å². The van der Waals surface area contributed by atoms with Gasteiger partial charge in [-0.2, -0.15) is 0 Å². The van der Waals surface area contributed by atoms with Crippen LogP contribution in [0.1, 0.15) is 23.6 Å². The van der Waals surface area contributed by atoms with E-state index in [1.54, 1.807) is 6.33 Å². The predicted octanol–water partition coefficient (Wildman–Crippen LogP) is 1.51. The topological polar surface area (TPSA) is 107 Å². The number of benzene rings is 1. The number of nitrogens with two attached hydrogens (primary N) is 2. The smallest absolute Gasteiger partial charge is 0.404 e. The summed E-state index contributed by atoms with van der Waals surface area (Å²) in [7, 11) is 0. The molecule has 1 aromatic heterocycles. The fourth-order valence-corrected chi connectivity index (χ4v) is 1.76. The number of nitrogens with one attached hydrogen (secondary N) is 1. The number of ether oxygens (including phenoxy) is 1. The van der Waals surface area contributed by atoms with Gasteiger partial charge >= 0.3 is 6.09 Å². The lowest BCUT2D eigenvalue weighted by Crippen LogP contribution is -2.12. The van der Waals surface area contributed by atoms with Crippen molar-refractivity contribution in [1.29, 1.82) is 0 Å². The third kappa shape index (κ3) is 4.40. The highest BCUT2D eigenvalue weighted by Gasteiger charge is 2.36. The predicted molar refractivity (Wildman–Crippen MR) is 74.7 cm³/mol. The number of aromatic amines is 1. The van der Waals surface area contributed by atoms with Crippen LogP contribution in [0.3, 0.4) is 0 Å². The standard InChI is InChI=1S/C8H9NO2.C6H9N3/c9-8(10)11-6-7-4-2-1-3-5-7;7-5-1-4(5)6-2-8-3-9-6/h1-5H,6H2,(H2,9,10);2-5H,1,7H2,(H,8,9)/t;4-,5-/m.1/s1. The van der Waals surface area contributed by atoms with Gasteiger partial charge in [-0.3, -0.25) is 0 Å². The molecular weight excluding hydrogens is 256 g/mol. The van der Waals surface area contributed by atoms with Crippen molar-refractivity contribution >= 4 is 6.09 Å². The van der Waals surface area contributed by atoms with E-state index < -0.39 is 6.09 Å². The van der Waals surface area contributed by atoms with Crippen molar-refractivity contribution in [3.63, 3.8) is 0 Å². The minimum atomic E-state index is -0.742. The van der Waals surface area contributed by atoms with E-state index in [-0.39, 0.29) is 6.61 Å². The molecule has 0 radical (unpaired) electrons. The number of carbonyl (C=O) groups excluding carboxylic acids is 1. The van der Waals surface area contributed by atoms with E-state index in [4.69, 9.17) is 11.5 Å². The van der Waals surface area contributed by atoms with Crippen LogP contribution in [0.15, 0.2) is 42.9 Å². The SMILES string of the molecule is NC(=O)OCc1ccccc1.N[C@@H]1C[C@H]1c1c[nH]cn1. The zero-order chi connectivity index (χ0) is 14.4. The van der Waals surface area contributed by atoms with Crippen LogP contribution in [0.4, 0.5) is 4.79 Å². The molecule has 0 unspecified atom stereocenters. The van der Waals surface area contributed by atoms with Crippen LogP contribution in [0, 0.1) is 0 Å². The minimum Gasteiger partial charge on any atom is -0.445 e. The molecular formula is C14H18N4O2. The summed E-state index contributed by atoms with van der Waals surface area (Å²) in [4.78, 5) is 17.2. The molecule has 2 atom stereocenters. The molecule has 1 heterocycles. The Hall–Kier alpha value is -2.34. The average molecular weight is 274 g/mol. The van der Waals surface area contributed by atoms with Crippen molar-refractivity contribution in [1.82, 2.24) is 9.97 Å². The molecule has 1 aliphatic rings. The van der Waals surface area contributed by atoms with Gasteiger partial charge in [-0.15, -0.1) is 0 Å². The summed E-state index contributed by atoms with van der Waals surface area (Å²) in [6.45, 7) is 0.246. The molecule has 5 N–H and O–H groups in total. The molecule has 20 heavy (non-hydrogen) atoms. The lowest BCUT2D eigenvalue weighted by atomic mass is 10.2. The molecule has 1 amide bonds. The van der Waals surface area contributed by atoms with Crippen LogP contribution in [0.25, 0.3) is 0 Å². The Balaban J connectivity index is 0.000000149. The molecule has 0 bridgehead atoms. The van der Waals surface area contributed by atoms with Crippen LogP contribution >= 0.6 is 0 Å². The number of imidazole rings is 1. The lowest BCUT2D eigenvalue weighted by Gasteiger charge is -1.99. The number of hydrogen-bond acceptors (Lipinski definition) is 4. The Labute approximate surface area is 117 Å². The summed E-state index contributed by atoms with van der Waals surface area (Å²) >= 11 is 0. The summed E-state index contributed by atoms with van der Waals surface area (Å²) in [6, 6.07) is 9.74. The normalized spacial score (nSPS) is 19.6. The van der Waals surface area contributed by atoms with E-state index in [0.717, 1.165) is 17.7 Å². The van der Waals surface area contributed by atoms with Crippen LogP contribution in [0.5, 0.6) is 0 Å². The summed E-state index contributed by atoms with van der Waals surface area (Å²) in [5.41, 5.74) is 12.4. The number of amides is 1. The second-order valence-electron chi connectivity index (χ2n) is 4.59. The summed E-state index contributed by atoms with van der Waals surface area (Å²) < 4.78 is 4.57. The number of primary amides is 1. The van der Waals surface area contributed by atoms with Crippen LogP contribution < -0.4 is 11.5 Å². The Kier molecular flexibility index (Phi) is 4.73. The maximum absolute atomic E-state index is 10.2. The molecule has 1 saturated carbocycles.